The van der Waals surface area contributed by atoms with Gasteiger partial charge in [0.15, 0.2) is 0 Å². The van der Waals surface area contributed by atoms with Gasteiger partial charge in [-0.1, -0.05) is 6.08 Å². The van der Waals surface area contributed by atoms with Crippen molar-refractivity contribution in [1.29, 1.82) is 0 Å². The van der Waals surface area contributed by atoms with Crippen LogP contribution in [0.1, 0.15) is 48.3 Å². The number of primary amides is 1. The molecule has 40 heavy (non-hydrogen) atoms. The van der Waals surface area contributed by atoms with Gasteiger partial charge in [-0.2, -0.15) is 0 Å². The second-order valence-corrected chi connectivity index (χ2v) is 10.7. The second-order valence-electron chi connectivity index (χ2n) is 10.7. The summed E-state index contributed by atoms with van der Waals surface area (Å²) in [7, 11) is 1.79. The van der Waals surface area contributed by atoms with E-state index >= 15 is 0 Å². The van der Waals surface area contributed by atoms with Gasteiger partial charge in [-0.25, -0.2) is 9.97 Å². The fourth-order valence-electron chi connectivity index (χ4n) is 5.63. The van der Waals surface area contributed by atoms with Crippen LogP contribution in [0, 0.1) is 5.41 Å². The van der Waals surface area contributed by atoms with Crippen LogP contribution in [-0.4, -0.2) is 74.6 Å². The van der Waals surface area contributed by atoms with Gasteiger partial charge in [-0.3, -0.25) is 9.79 Å². The minimum Gasteiger partial charge on any atom is -0.494 e. The molecule has 2 aromatic rings. The van der Waals surface area contributed by atoms with Gasteiger partial charge in [-0.15, -0.1) is 0 Å². The van der Waals surface area contributed by atoms with Crippen molar-refractivity contribution in [1.82, 2.24) is 15.3 Å². The minimum atomic E-state index is -0.484. The molecule has 1 aliphatic carbocycles. The first-order valence-corrected chi connectivity index (χ1v) is 14.0. The van der Waals surface area contributed by atoms with Crippen molar-refractivity contribution in [2.24, 2.45) is 16.1 Å². The van der Waals surface area contributed by atoms with Crippen molar-refractivity contribution < 1.29 is 14.3 Å². The maximum Gasteiger partial charge on any atom is 0.248 e. The van der Waals surface area contributed by atoms with Crippen molar-refractivity contribution in [2.45, 2.75) is 39.2 Å². The Labute approximate surface area is 235 Å². The van der Waals surface area contributed by atoms with Gasteiger partial charge in [-0.05, 0) is 75.5 Å². The number of morpholine rings is 1. The average molecular weight is 546 g/mol. The van der Waals surface area contributed by atoms with Crippen molar-refractivity contribution >= 4 is 35.5 Å². The number of rotatable bonds is 8. The van der Waals surface area contributed by atoms with Gasteiger partial charge in [0.2, 0.25) is 11.9 Å². The predicted octanol–water partition coefficient (Wildman–Crippen LogP) is 3.47. The highest BCUT2D eigenvalue weighted by atomic mass is 16.5. The lowest BCUT2D eigenvalue weighted by Gasteiger charge is -2.39. The molecular weight excluding hydrogens is 506 g/mol. The van der Waals surface area contributed by atoms with E-state index in [-0.39, 0.29) is 11.5 Å². The number of nitrogens with two attached hydrogens (primary N) is 1. The first kappa shape index (κ1) is 27.8. The number of allylic oxidation sites excluding steroid dienone is 2. The maximum atomic E-state index is 12.1. The summed E-state index contributed by atoms with van der Waals surface area (Å²) in [6.07, 6.45) is 10.7. The minimum absolute atomic E-state index is 0.152. The number of amides is 1. The molecule has 212 valence electrons. The Balaban J connectivity index is 1.47. The van der Waals surface area contributed by atoms with Crippen LogP contribution in [0.3, 0.4) is 0 Å². The molecule has 0 radical (unpaired) electrons. The van der Waals surface area contributed by atoms with Gasteiger partial charge in [0, 0.05) is 55.6 Å². The Kier molecular flexibility index (Phi) is 8.46. The summed E-state index contributed by atoms with van der Waals surface area (Å²) >= 11 is 0. The van der Waals surface area contributed by atoms with E-state index in [1.165, 1.54) is 0 Å². The molecule has 2 aliphatic heterocycles. The zero-order chi connectivity index (χ0) is 28.1. The van der Waals surface area contributed by atoms with Gasteiger partial charge in [0.05, 0.1) is 24.3 Å². The number of benzene rings is 1. The molecule has 1 atom stereocenters. The molecular formula is C30H39N7O3. The fraction of sp³-hybridized carbons (Fsp3) is 0.467. The summed E-state index contributed by atoms with van der Waals surface area (Å²) in [5.41, 5.74) is 10.3. The topological polar surface area (TPSA) is 127 Å². The second kappa shape index (κ2) is 12.2. The standard InChI is InChI=1S/C30H39N7O3/c1-4-22(19-32-3)30(2)17-21-18-34-29(36-26(21)16-27(30)40-25-5-7-33-8-6-25)35-23-13-20(28(31)38)14-24(15-23)37-9-11-39-12-10-37/h4,13-16,18-19,25,33H,5-12,17H2,1-3H3,(H2,31,38)(H,34,35,36)/b22-4+,32-19?. The molecule has 10 nitrogen and oxygen atoms in total. The number of nitrogens with one attached hydrogen (secondary N) is 2. The molecule has 1 aromatic heterocycles. The monoisotopic (exact) mass is 545 g/mol. The summed E-state index contributed by atoms with van der Waals surface area (Å²) < 4.78 is 12.2. The van der Waals surface area contributed by atoms with E-state index in [4.69, 9.17) is 20.2 Å². The number of anilines is 3. The summed E-state index contributed by atoms with van der Waals surface area (Å²) in [6.45, 7) is 8.92. The van der Waals surface area contributed by atoms with E-state index in [0.717, 1.165) is 67.3 Å². The van der Waals surface area contributed by atoms with Gasteiger partial charge >= 0.3 is 0 Å². The number of piperidine rings is 1. The lowest BCUT2D eigenvalue weighted by molar-refractivity contribution is 0.0574. The third-order valence-electron chi connectivity index (χ3n) is 7.88. The smallest absolute Gasteiger partial charge is 0.248 e. The highest BCUT2D eigenvalue weighted by molar-refractivity contribution is 5.95. The Hall–Kier alpha value is -3.76. The zero-order valence-corrected chi connectivity index (χ0v) is 23.6. The molecule has 4 N–H and O–H groups in total. The number of nitrogens with zero attached hydrogens (tertiary/aromatic N) is 4. The van der Waals surface area contributed by atoms with Gasteiger partial charge in [0.1, 0.15) is 11.9 Å². The number of aromatic nitrogens is 2. The van der Waals surface area contributed by atoms with Crippen molar-refractivity contribution in [3.05, 3.63) is 58.6 Å². The number of fused-ring (bicyclic) bond motifs is 1. The fourth-order valence-corrected chi connectivity index (χ4v) is 5.63. The summed E-state index contributed by atoms with van der Waals surface area (Å²) in [5.74, 6) is 0.854. The van der Waals surface area contributed by atoms with E-state index in [9.17, 15) is 4.79 Å². The predicted molar refractivity (Wildman–Crippen MR) is 158 cm³/mol. The summed E-state index contributed by atoms with van der Waals surface area (Å²) in [6, 6.07) is 5.54. The van der Waals surface area contributed by atoms with Crippen LogP contribution in [0.5, 0.6) is 0 Å². The Morgan fingerprint density at radius 2 is 2.05 bits per heavy atom. The van der Waals surface area contributed by atoms with Crippen LogP contribution >= 0.6 is 0 Å². The Morgan fingerprint density at radius 3 is 2.75 bits per heavy atom. The van der Waals surface area contributed by atoms with E-state index in [0.29, 0.717) is 36.8 Å². The van der Waals surface area contributed by atoms with Crippen molar-refractivity contribution in [3.63, 3.8) is 0 Å². The first-order valence-electron chi connectivity index (χ1n) is 14.0. The molecule has 5 rings (SSSR count). The third-order valence-corrected chi connectivity index (χ3v) is 7.88. The quantitative estimate of drug-likeness (QED) is 0.431. The molecule has 1 amide bonds. The maximum absolute atomic E-state index is 12.1. The number of hydrogen-bond acceptors (Lipinski definition) is 9. The molecule has 3 aliphatic rings. The van der Waals surface area contributed by atoms with E-state index in [1.807, 2.05) is 31.5 Å². The zero-order valence-electron chi connectivity index (χ0n) is 23.6. The van der Waals surface area contributed by atoms with Crippen LogP contribution < -0.4 is 21.3 Å². The lowest BCUT2D eigenvalue weighted by atomic mass is 9.72. The van der Waals surface area contributed by atoms with Crippen LogP contribution in [-0.2, 0) is 15.9 Å². The highest BCUT2D eigenvalue weighted by Crippen LogP contribution is 2.44. The van der Waals surface area contributed by atoms with E-state index in [2.05, 4.69) is 44.6 Å². The van der Waals surface area contributed by atoms with Crippen LogP contribution in [0.2, 0.25) is 0 Å². The van der Waals surface area contributed by atoms with Crippen molar-refractivity contribution in [3.8, 4) is 0 Å². The Morgan fingerprint density at radius 1 is 1.27 bits per heavy atom. The molecule has 3 heterocycles. The summed E-state index contributed by atoms with van der Waals surface area (Å²) in [4.78, 5) is 28.1. The highest BCUT2D eigenvalue weighted by Gasteiger charge is 2.39. The molecule has 2 saturated heterocycles. The third kappa shape index (κ3) is 6.03. The first-order chi connectivity index (χ1) is 19.4. The van der Waals surface area contributed by atoms with Gasteiger partial charge < -0.3 is 30.7 Å². The van der Waals surface area contributed by atoms with E-state index < -0.39 is 5.91 Å². The van der Waals surface area contributed by atoms with E-state index in [1.54, 1.807) is 13.1 Å². The number of aliphatic imine (C=N–C) groups is 1. The molecule has 10 heteroatoms. The molecule has 0 spiro atoms. The molecule has 0 saturated carbocycles. The Bertz CT molecular complexity index is 1330. The van der Waals surface area contributed by atoms with Crippen LogP contribution in [0.25, 0.3) is 6.08 Å². The molecule has 0 bridgehead atoms. The summed E-state index contributed by atoms with van der Waals surface area (Å²) in [5, 5.41) is 6.71. The largest absolute Gasteiger partial charge is 0.494 e. The SMILES string of the molecule is C/C=C(\C=NC)C1(C)Cc2cnc(Nc3cc(C(N)=O)cc(N4CCOCC4)c3)nc2C=C1OC1CCNCC1. The molecule has 1 aromatic carbocycles. The lowest BCUT2D eigenvalue weighted by Crippen LogP contribution is -2.37. The van der Waals surface area contributed by atoms with Crippen LogP contribution in [0.15, 0.2) is 46.8 Å². The number of hydrogen-bond donors (Lipinski definition) is 3. The van der Waals surface area contributed by atoms with Crippen LogP contribution in [0.4, 0.5) is 17.3 Å². The molecule has 2 fully saturated rings. The number of carbonyl (C=O) groups is 1. The number of ether oxygens (including phenoxy) is 2. The average Bonchev–Trinajstić information content (AvgIpc) is 2.97. The number of carbonyl (C=O) groups excluding carboxylic acids is 1. The van der Waals surface area contributed by atoms with Crippen molar-refractivity contribution in [2.75, 3.05) is 56.7 Å². The normalized spacial score (nSPS) is 22.1. The molecule has 1 unspecified atom stereocenters. The van der Waals surface area contributed by atoms with Gasteiger partial charge in [0.25, 0.3) is 0 Å².